The Morgan fingerprint density at radius 2 is 1.09 bits per heavy atom. The van der Waals surface area contributed by atoms with Crippen molar-refractivity contribution < 1.29 is 15.4 Å². The van der Waals surface area contributed by atoms with Crippen molar-refractivity contribution in [2.75, 3.05) is 4.90 Å². The molecule has 0 radical (unpaired) electrons. The van der Waals surface area contributed by atoms with E-state index in [0.717, 1.165) is 32.3 Å². The molecule has 248 valence electrons. The minimum atomic E-state index is -0.521. The number of hydrogen-bond donors (Lipinski definition) is 0. The lowest BCUT2D eigenvalue weighted by Crippen LogP contribution is -2.13. The molecule has 0 aliphatic heterocycles. The van der Waals surface area contributed by atoms with Crippen LogP contribution in [0.5, 0.6) is 0 Å². The van der Waals surface area contributed by atoms with Gasteiger partial charge in [0.1, 0.15) is 11.2 Å². The molecule has 3 nitrogen and oxygen atoms in total. The summed E-state index contributed by atoms with van der Waals surface area (Å²) < 4.78 is 85.1. The monoisotopic (exact) mass is 684 g/mol. The number of nitrogens with zero attached hydrogens (tertiary/aromatic N) is 2. The Balaban J connectivity index is 1.33. The highest BCUT2D eigenvalue weighted by Crippen LogP contribution is 2.47. The summed E-state index contributed by atoms with van der Waals surface area (Å²) in [6, 6.07) is 42.5. The first-order valence-electron chi connectivity index (χ1n) is 21.5. The van der Waals surface area contributed by atoms with Crippen LogP contribution in [0.3, 0.4) is 0 Å². The first-order chi connectivity index (χ1) is 29.7. The van der Waals surface area contributed by atoms with Crippen molar-refractivity contribution in [1.29, 1.82) is 0 Å². The zero-order chi connectivity index (χ0) is 41.8. The van der Waals surface area contributed by atoms with Crippen molar-refractivity contribution in [2.24, 2.45) is 0 Å². The number of para-hydroxylation sites is 4. The number of rotatable bonds is 5. The van der Waals surface area contributed by atoms with Crippen LogP contribution in [0.15, 0.2) is 198 Å². The second kappa shape index (κ2) is 11.7. The van der Waals surface area contributed by atoms with E-state index >= 15 is 0 Å². The molecular formula is C50H32N2O. The van der Waals surface area contributed by atoms with Gasteiger partial charge in [0, 0.05) is 27.2 Å². The highest BCUT2D eigenvalue weighted by Gasteiger charge is 2.24. The average Bonchev–Trinajstić information content (AvgIpc) is 3.84. The molecule has 0 spiro atoms. The largest absolute Gasteiger partial charge is 0.455 e. The SMILES string of the molecule is [2H]c1c([2H])c([2H])c(-n2c3ccccc3c3ccccc32)c(N(c2c([2H])c([2H])c(-c3cccc4ccccc34)c([2H])c2[2H])c2cccc3oc4c5ccccc5ccc4c23)c1[2H]. The molecule has 0 aliphatic carbocycles. The van der Waals surface area contributed by atoms with Gasteiger partial charge in [-0.25, -0.2) is 0 Å². The van der Waals surface area contributed by atoms with Crippen LogP contribution in [0.2, 0.25) is 0 Å². The fourth-order valence-electron chi connectivity index (χ4n) is 7.86. The van der Waals surface area contributed by atoms with Crippen LogP contribution in [-0.2, 0) is 0 Å². The first-order valence-corrected chi connectivity index (χ1v) is 17.5. The number of benzene rings is 9. The van der Waals surface area contributed by atoms with Crippen molar-refractivity contribution in [1.82, 2.24) is 4.57 Å². The normalized spacial score (nSPS) is 13.9. The van der Waals surface area contributed by atoms with Gasteiger partial charge in [0.25, 0.3) is 0 Å². The minimum Gasteiger partial charge on any atom is -0.455 e. The molecule has 2 heterocycles. The molecule has 11 rings (SSSR count). The quantitative estimate of drug-likeness (QED) is 0.180. The molecule has 2 aromatic heterocycles. The van der Waals surface area contributed by atoms with Crippen LogP contribution in [0.25, 0.3) is 82.1 Å². The Morgan fingerprint density at radius 1 is 0.472 bits per heavy atom. The van der Waals surface area contributed by atoms with Crippen LogP contribution >= 0.6 is 0 Å². The minimum absolute atomic E-state index is 0.0566. The summed E-state index contributed by atoms with van der Waals surface area (Å²) in [5.74, 6) is 0. The third-order valence-electron chi connectivity index (χ3n) is 10.2. The lowest BCUT2D eigenvalue weighted by atomic mass is 9.98. The molecule has 53 heavy (non-hydrogen) atoms. The average molecular weight is 685 g/mol. The van der Waals surface area contributed by atoms with E-state index in [4.69, 9.17) is 7.16 Å². The highest BCUT2D eigenvalue weighted by atomic mass is 16.3. The van der Waals surface area contributed by atoms with Crippen molar-refractivity contribution >= 4 is 82.4 Å². The number of aromatic nitrogens is 1. The summed E-state index contributed by atoms with van der Waals surface area (Å²) in [4.78, 5) is 1.50. The molecule has 11 aromatic rings. The van der Waals surface area contributed by atoms with E-state index in [0.29, 0.717) is 44.2 Å². The standard InChI is InChI=1S/C50H32N2O/c1-3-16-37-33(13-1)15-11-20-38(37)35-27-30-36(31-28-35)51(47-25-12-26-48-49(47)42-32-29-34-14-2-4-17-39(34)50(42)53-48)45-23-9-10-24-46(45)52-43-21-7-5-18-40(43)41-19-6-8-22-44(41)52/h1-32H/i9D,10D,23D,24D,27D,28D,30D,31D. The molecule has 0 aliphatic rings. The van der Waals surface area contributed by atoms with Gasteiger partial charge in [-0.3, -0.25) is 0 Å². The summed E-state index contributed by atoms with van der Waals surface area (Å²) in [5, 5.41) is 6.47. The van der Waals surface area contributed by atoms with Gasteiger partial charge in [0.05, 0.1) is 44.4 Å². The molecule has 0 saturated heterocycles. The lowest BCUT2D eigenvalue weighted by Gasteiger charge is -2.29. The highest BCUT2D eigenvalue weighted by molar-refractivity contribution is 6.20. The molecular weight excluding hydrogens is 645 g/mol. The van der Waals surface area contributed by atoms with Crippen LogP contribution in [0.4, 0.5) is 17.1 Å². The van der Waals surface area contributed by atoms with E-state index < -0.39 is 18.1 Å². The van der Waals surface area contributed by atoms with Crippen LogP contribution in [0.1, 0.15) is 11.0 Å². The summed E-state index contributed by atoms with van der Waals surface area (Å²) in [7, 11) is 0. The van der Waals surface area contributed by atoms with E-state index in [2.05, 4.69) is 0 Å². The van der Waals surface area contributed by atoms with Crippen molar-refractivity contribution in [2.45, 2.75) is 0 Å². The first kappa shape index (κ1) is 22.7. The maximum absolute atomic E-state index is 9.87. The van der Waals surface area contributed by atoms with Crippen molar-refractivity contribution in [3.05, 3.63) is 194 Å². The Labute approximate surface area is 317 Å². The van der Waals surface area contributed by atoms with Gasteiger partial charge in [-0.2, -0.15) is 0 Å². The number of anilines is 3. The third-order valence-corrected chi connectivity index (χ3v) is 10.2. The predicted octanol–water partition coefficient (Wildman–Crippen LogP) is 14.1. The Morgan fingerprint density at radius 3 is 1.87 bits per heavy atom. The van der Waals surface area contributed by atoms with Gasteiger partial charge >= 0.3 is 0 Å². The smallest absolute Gasteiger partial charge is 0.143 e. The molecule has 0 fully saturated rings. The van der Waals surface area contributed by atoms with E-state index in [9.17, 15) is 8.22 Å². The molecule has 0 unspecified atom stereocenters. The lowest BCUT2D eigenvalue weighted by molar-refractivity contribution is 0.672. The zero-order valence-corrected chi connectivity index (χ0v) is 28.2. The summed E-state index contributed by atoms with van der Waals surface area (Å²) in [6.07, 6.45) is 0. The molecule has 0 bridgehead atoms. The maximum atomic E-state index is 9.87. The fourth-order valence-corrected chi connectivity index (χ4v) is 7.86. The Bertz CT molecular complexity index is 3580. The molecule has 0 atom stereocenters. The summed E-state index contributed by atoms with van der Waals surface area (Å²) in [5.41, 5.74) is 3.26. The van der Waals surface area contributed by atoms with Gasteiger partial charge in [0.2, 0.25) is 0 Å². The van der Waals surface area contributed by atoms with Crippen LogP contribution in [0, 0.1) is 0 Å². The van der Waals surface area contributed by atoms with Gasteiger partial charge in [-0.15, -0.1) is 0 Å². The second-order valence-electron chi connectivity index (χ2n) is 13.1. The summed E-state index contributed by atoms with van der Waals surface area (Å²) in [6.45, 7) is 0. The number of fused-ring (bicyclic) bond motifs is 9. The van der Waals surface area contributed by atoms with E-state index in [1.54, 1.807) is 18.2 Å². The van der Waals surface area contributed by atoms with Gasteiger partial charge in [-0.1, -0.05) is 139 Å². The molecule has 0 saturated carbocycles. The Kier molecular flexibility index (Phi) is 5.01. The van der Waals surface area contributed by atoms with E-state index in [1.165, 1.54) is 4.90 Å². The van der Waals surface area contributed by atoms with Gasteiger partial charge in [0.15, 0.2) is 0 Å². The summed E-state index contributed by atoms with van der Waals surface area (Å²) >= 11 is 0. The van der Waals surface area contributed by atoms with Gasteiger partial charge < -0.3 is 13.9 Å². The van der Waals surface area contributed by atoms with Gasteiger partial charge in [-0.05, 0) is 81.8 Å². The van der Waals surface area contributed by atoms with Crippen LogP contribution in [-0.4, -0.2) is 4.57 Å². The van der Waals surface area contributed by atoms with E-state index in [1.807, 2.05) is 132 Å². The number of hydrogen-bond acceptors (Lipinski definition) is 2. The number of furan rings is 1. The molecule has 0 amide bonds. The third kappa shape index (κ3) is 4.54. The maximum Gasteiger partial charge on any atom is 0.143 e. The van der Waals surface area contributed by atoms with Crippen molar-refractivity contribution in [3.8, 4) is 16.8 Å². The van der Waals surface area contributed by atoms with Crippen molar-refractivity contribution in [3.63, 3.8) is 0 Å². The zero-order valence-electron chi connectivity index (χ0n) is 36.2. The molecule has 3 heteroatoms. The molecule has 0 N–H and O–H groups in total. The fraction of sp³-hybridized carbons (Fsp3) is 0. The Hall–Kier alpha value is -7.10. The predicted molar refractivity (Wildman–Crippen MR) is 223 cm³/mol. The second-order valence-corrected chi connectivity index (χ2v) is 13.1. The topological polar surface area (TPSA) is 21.3 Å². The van der Waals surface area contributed by atoms with E-state index in [-0.39, 0.29) is 52.8 Å². The van der Waals surface area contributed by atoms with Crippen LogP contribution < -0.4 is 4.90 Å². The molecule has 9 aromatic carbocycles.